The van der Waals surface area contributed by atoms with Crippen LogP contribution in [0.1, 0.15) is 41.3 Å². The summed E-state index contributed by atoms with van der Waals surface area (Å²) in [7, 11) is 0. The normalized spacial score (nSPS) is 13.1. The molecule has 1 aromatic carbocycles. The Hall–Kier alpha value is -2.65. The number of urea groups is 1. The third kappa shape index (κ3) is 4.45. The van der Waals surface area contributed by atoms with Crippen LogP contribution in [0, 0.1) is 13.8 Å². The molecule has 3 amide bonds. The molecule has 7 nitrogen and oxygen atoms in total. The second-order valence-corrected chi connectivity index (χ2v) is 9.94. The quantitative estimate of drug-likeness (QED) is 0.436. The highest BCUT2D eigenvalue weighted by Gasteiger charge is 2.24. The lowest BCUT2D eigenvalue weighted by molar-refractivity contribution is -0.117. The number of benzene rings is 1. The highest BCUT2D eigenvalue weighted by molar-refractivity contribution is 7.99. The van der Waals surface area contributed by atoms with Crippen LogP contribution in [-0.2, 0) is 17.6 Å². The molecule has 1 aliphatic carbocycles. The fourth-order valence-corrected chi connectivity index (χ4v) is 6.16. The number of nitrogens with zero attached hydrogens (tertiary/aromatic N) is 2. The van der Waals surface area contributed by atoms with E-state index in [0.717, 1.165) is 64.7 Å². The van der Waals surface area contributed by atoms with Crippen molar-refractivity contribution in [3.8, 4) is 5.69 Å². The van der Waals surface area contributed by atoms with E-state index in [9.17, 15) is 14.4 Å². The molecule has 3 aromatic rings. The van der Waals surface area contributed by atoms with Crippen molar-refractivity contribution < 1.29 is 9.59 Å². The first-order valence-electron chi connectivity index (χ1n) is 10.7. The summed E-state index contributed by atoms with van der Waals surface area (Å²) in [5.74, 6) is -0.460. The highest BCUT2D eigenvalue weighted by Crippen LogP contribution is 2.35. The Morgan fingerprint density at radius 3 is 2.75 bits per heavy atom. The maximum atomic E-state index is 13.8. The van der Waals surface area contributed by atoms with Gasteiger partial charge in [-0.1, -0.05) is 29.5 Å². The molecule has 0 saturated heterocycles. The summed E-state index contributed by atoms with van der Waals surface area (Å²) in [4.78, 5) is 44.5. The molecule has 2 aromatic heterocycles. The van der Waals surface area contributed by atoms with Crippen molar-refractivity contribution in [3.63, 3.8) is 0 Å². The van der Waals surface area contributed by atoms with Crippen LogP contribution in [0.4, 0.5) is 4.79 Å². The summed E-state index contributed by atoms with van der Waals surface area (Å²) in [6, 6.07) is 5.40. The lowest BCUT2D eigenvalue weighted by Crippen LogP contribution is -2.40. The number of aryl methyl sites for hydroxylation is 4. The van der Waals surface area contributed by atoms with E-state index in [1.165, 1.54) is 4.88 Å². The number of carbonyl (C=O) groups is 2. The second kappa shape index (κ2) is 9.46. The van der Waals surface area contributed by atoms with Crippen LogP contribution in [0.15, 0.2) is 28.2 Å². The number of nitrogens with one attached hydrogen (secondary N) is 2. The largest absolute Gasteiger partial charge is 0.338 e. The van der Waals surface area contributed by atoms with Crippen LogP contribution >= 0.6 is 23.1 Å². The van der Waals surface area contributed by atoms with Crippen molar-refractivity contribution in [1.29, 1.82) is 0 Å². The third-order valence-corrected chi connectivity index (χ3v) is 7.60. The summed E-state index contributed by atoms with van der Waals surface area (Å²) in [6.45, 7) is 6.19. The van der Waals surface area contributed by atoms with E-state index in [0.29, 0.717) is 17.1 Å². The third-order valence-electron chi connectivity index (χ3n) is 5.47. The van der Waals surface area contributed by atoms with Crippen LogP contribution in [0.2, 0.25) is 0 Å². The van der Waals surface area contributed by atoms with E-state index >= 15 is 0 Å². The Morgan fingerprint density at radius 2 is 2.00 bits per heavy atom. The van der Waals surface area contributed by atoms with Crippen LogP contribution in [0.3, 0.4) is 0 Å². The first-order chi connectivity index (χ1) is 15.4. The number of aromatic nitrogens is 2. The van der Waals surface area contributed by atoms with Gasteiger partial charge in [0.05, 0.1) is 16.8 Å². The number of thiophene rings is 1. The van der Waals surface area contributed by atoms with Crippen LogP contribution in [0.5, 0.6) is 0 Å². The zero-order valence-corrected chi connectivity index (χ0v) is 20.0. The van der Waals surface area contributed by atoms with Gasteiger partial charge in [-0.15, -0.1) is 11.3 Å². The van der Waals surface area contributed by atoms with Gasteiger partial charge in [-0.3, -0.25) is 19.5 Å². The van der Waals surface area contributed by atoms with E-state index < -0.39 is 11.9 Å². The Balaban J connectivity index is 1.79. The van der Waals surface area contributed by atoms with Gasteiger partial charge in [0.15, 0.2) is 5.16 Å². The number of carbonyl (C=O) groups excluding carboxylic acids is 2. The molecule has 1 aliphatic rings. The lowest BCUT2D eigenvalue weighted by Gasteiger charge is -2.15. The molecular weight excluding hydrogens is 444 g/mol. The molecular formula is C23H26N4O3S2. The molecule has 4 rings (SSSR count). The predicted octanol–water partition coefficient (Wildman–Crippen LogP) is 3.88. The molecule has 0 saturated carbocycles. The summed E-state index contributed by atoms with van der Waals surface area (Å²) in [5.41, 5.74) is 3.88. The van der Waals surface area contributed by atoms with Gasteiger partial charge < -0.3 is 5.32 Å². The number of amides is 3. The maximum Gasteiger partial charge on any atom is 0.321 e. The smallest absolute Gasteiger partial charge is 0.321 e. The lowest BCUT2D eigenvalue weighted by atomic mass is 9.97. The van der Waals surface area contributed by atoms with Gasteiger partial charge in [0.25, 0.3) is 5.56 Å². The van der Waals surface area contributed by atoms with E-state index in [-0.39, 0.29) is 11.3 Å². The molecule has 0 spiro atoms. The summed E-state index contributed by atoms with van der Waals surface area (Å²) in [5, 5.41) is 6.00. The number of imide groups is 1. The van der Waals surface area contributed by atoms with Crippen molar-refractivity contribution in [1.82, 2.24) is 20.2 Å². The molecule has 0 bridgehead atoms. The number of rotatable bonds is 5. The van der Waals surface area contributed by atoms with E-state index in [1.54, 1.807) is 22.8 Å². The van der Waals surface area contributed by atoms with Gasteiger partial charge in [0, 0.05) is 11.4 Å². The second-order valence-electron chi connectivity index (χ2n) is 7.91. The minimum absolute atomic E-state index is 0.0227. The van der Waals surface area contributed by atoms with Gasteiger partial charge in [-0.25, -0.2) is 9.78 Å². The van der Waals surface area contributed by atoms with Crippen molar-refractivity contribution in [2.45, 2.75) is 51.6 Å². The fraction of sp³-hybridized carbons (Fsp3) is 0.391. The Bertz CT molecular complexity index is 1260. The average Bonchev–Trinajstić information content (AvgIpc) is 3.12. The van der Waals surface area contributed by atoms with Crippen LogP contribution < -0.4 is 16.2 Å². The molecule has 168 valence electrons. The van der Waals surface area contributed by atoms with E-state index in [1.807, 2.05) is 32.0 Å². The summed E-state index contributed by atoms with van der Waals surface area (Å²) in [6.07, 6.45) is 4.10. The Morgan fingerprint density at radius 1 is 1.22 bits per heavy atom. The maximum absolute atomic E-state index is 13.8. The molecule has 2 N–H and O–H groups in total. The number of hydrogen-bond acceptors (Lipinski definition) is 6. The average molecular weight is 471 g/mol. The van der Waals surface area contributed by atoms with Gasteiger partial charge in [-0.2, -0.15) is 0 Å². The molecule has 9 heteroatoms. The Labute approximate surface area is 194 Å². The molecule has 0 atom stereocenters. The number of hydrogen-bond donors (Lipinski definition) is 2. The molecule has 2 heterocycles. The Kier molecular flexibility index (Phi) is 6.66. The SMILES string of the molecule is CCNC(=O)NC(=O)CSc1nc2sc3c(c2c(=O)n1-c1ccc(C)cc1C)CCCC3. The minimum Gasteiger partial charge on any atom is -0.338 e. The van der Waals surface area contributed by atoms with Crippen molar-refractivity contribution in [3.05, 3.63) is 50.1 Å². The summed E-state index contributed by atoms with van der Waals surface area (Å²) >= 11 is 2.75. The monoisotopic (exact) mass is 470 g/mol. The molecule has 0 fully saturated rings. The van der Waals surface area contributed by atoms with Gasteiger partial charge >= 0.3 is 6.03 Å². The van der Waals surface area contributed by atoms with Crippen LogP contribution in [0.25, 0.3) is 15.9 Å². The van der Waals surface area contributed by atoms with Crippen molar-refractivity contribution >= 4 is 45.3 Å². The molecule has 0 radical (unpaired) electrons. The van der Waals surface area contributed by atoms with Crippen molar-refractivity contribution in [2.24, 2.45) is 0 Å². The molecule has 32 heavy (non-hydrogen) atoms. The molecule has 0 unspecified atom stereocenters. The predicted molar refractivity (Wildman–Crippen MR) is 129 cm³/mol. The molecule has 0 aliphatic heterocycles. The zero-order valence-electron chi connectivity index (χ0n) is 18.4. The fourth-order valence-electron chi connectivity index (χ4n) is 4.05. The number of thioether (sulfide) groups is 1. The number of fused-ring (bicyclic) bond motifs is 3. The minimum atomic E-state index is -0.529. The highest BCUT2D eigenvalue weighted by atomic mass is 32.2. The first kappa shape index (κ1) is 22.5. The van der Waals surface area contributed by atoms with Gasteiger partial charge in [0.2, 0.25) is 5.91 Å². The summed E-state index contributed by atoms with van der Waals surface area (Å²) < 4.78 is 1.63. The van der Waals surface area contributed by atoms with Crippen molar-refractivity contribution in [2.75, 3.05) is 12.3 Å². The standard InChI is InChI=1S/C23H26N4O3S2/c1-4-24-22(30)25-18(28)12-31-23-26-20-19(15-7-5-6-8-17(15)32-20)21(29)27(23)16-10-9-13(2)11-14(16)3/h9-11H,4-8,12H2,1-3H3,(H2,24,25,28,30). The van der Waals surface area contributed by atoms with E-state index in [2.05, 4.69) is 10.6 Å². The first-order valence-corrected chi connectivity index (χ1v) is 12.5. The zero-order chi connectivity index (χ0) is 22.8. The topological polar surface area (TPSA) is 93.1 Å². The van der Waals surface area contributed by atoms with Crippen LogP contribution in [-0.4, -0.2) is 33.8 Å². The van der Waals surface area contributed by atoms with E-state index in [4.69, 9.17) is 4.98 Å². The van der Waals surface area contributed by atoms with Gasteiger partial charge in [0.1, 0.15) is 4.83 Å². The van der Waals surface area contributed by atoms with Gasteiger partial charge in [-0.05, 0) is 63.6 Å².